The molecule has 210 valence electrons. The molecular weight excluding hydrogens is 537 g/mol. The Morgan fingerprint density at radius 3 is 2.03 bits per heavy atom. The summed E-state index contributed by atoms with van der Waals surface area (Å²) in [7, 11) is 0. The van der Waals surface area contributed by atoms with Gasteiger partial charge in [0.1, 0.15) is 0 Å². The van der Waals surface area contributed by atoms with E-state index >= 15 is 0 Å². The predicted molar refractivity (Wildman–Crippen MR) is 114 cm³/mol. The fourth-order valence-corrected chi connectivity index (χ4v) is 3.51. The highest BCUT2D eigenvalue weighted by Gasteiger charge is 2.44. The van der Waals surface area contributed by atoms with Crippen molar-refractivity contribution in [2.45, 2.75) is 43.3 Å². The van der Waals surface area contributed by atoms with Gasteiger partial charge >= 0.3 is 24.3 Å². The molecule has 2 aliphatic heterocycles. The molecule has 2 atom stereocenters. The first-order valence-electron chi connectivity index (χ1n) is 10.6. The number of nitrogens with one attached hydrogen (secondary N) is 1. The highest BCUT2D eigenvalue weighted by molar-refractivity contribution is 5.73. The second-order valence-electron chi connectivity index (χ2n) is 7.94. The van der Waals surface area contributed by atoms with Crippen LogP contribution in [-0.4, -0.2) is 85.8 Å². The Morgan fingerprint density at radius 1 is 1.00 bits per heavy atom. The molecule has 4 rings (SSSR count). The average molecular weight is 558 g/mol. The third-order valence-corrected chi connectivity index (χ3v) is 5.02. The standard InChI is InChI=1S/C16H19FN6O.2C2HF3O2/c17-12-8-20-14(21-9-12)22-13-7-16(24-10-13)3-1-6-23(11-16)15-18-4-2-5-19-15;2*3-2(4,5)1(6)7/h2,4-5,8-9,13H,1,3,6-7,10-11H2,(H,20,21,22);2*(H,6,7). The first-order valence-corrected chi connectivity index (χ1v) is 10.6. The van der Waals surface area contributed by atoms with E-state index in [1.807, 2.05) is 6.07 Å². The molecule has 0 aromatic carbocycles. The Balaban J connectivity index is 0.000000301. The molecule has 0 saturated carbocycles. The van der Waals surface area contributed by atoms with Crippen molar-refractivity contribution in [3.8, 4) is 0 Å². The maximum Gasteiger partial charge on any atom is 0.490 e. The van der Waals surface area contributed by atoms with Crippen LogP contribution >= 0.6 is 0 Å². The molecule has 2 unspecified atom stereocenters. The van der Waals surface area contributed by atoms with Gasteiger partial charge in [-0.1, -0.05) is 0 Å². The van der Waals surface area contributed by atoms with Gasteiger partial charge in [0.25, 0.3) is 0 Å². The van der Waals surface area contributed by atoms with Crippen molar-refractivity contribution in [1.82, 2.24) is 19.9 Å². The fraction of sp³-hybridized carbons (Fsp3) is 0.500. The van der Waals surface area contributed by atoms with Crippen molar-refractivity contribution in [3.63, 3.8) is 0 Å². The van der Waals surface area contributed by atoms with Crippen molar-refractivity contribution in [1.29, 1.82) is 0 Å². The van der Waals surface area contributed by atoms with E-state index in [1.165, 1.54) is 0 Å². The monoisotopic (exact) mass is 558 g/mol. The molecule has 11 nitrogen and oxygen atoms in total. The van der Waals surface area contributed by atoms with E-state index < -0.39 is 30.1 Å². The molecule has 2 aromatic heterocycles. The molecular formula is C20H21F7N6O5. The predicted octanol–water partition coefficient (Wildman–Crippen LogP) is 2.91. The van der Waals surface area contributed by atoms with Gasteiger partial charge in [-0.2, -0.15) is 26.3 Å². The molecule has 0 radical (unpaired) electrons. The number of halogens is 7. The number of alkyl halides is 6. The van der Waals surface area contributed by atoms with Gasteiger partial charge in [-0.25, -0.2) is 33.9 Å². The molecule has 4 heterocycles. The van der Waals surface area contributed by atoms with Crippen molar-refractivity contribution >= 4 is 23.8 Å². The van der Waals surface area contributed by atoms with Crippen LogP contribution in [0.5, 0.6) is 0 Å². The Hall–Kier alpha value is -3.83. The molecule has 1 spiro atoms. The van der Waals surface area contributed by atoms with Crippen LogP contribution in [0.2, 0.25) is 0 Å². The SMILES string of the molecule is Fc1cnc(NC2COC3(CCCN(c4ncccn4)C3)C2)nc1.O=C(O)C(F)(F)F.O=C(O)C(F)(F)F. The number of anilines is 2. The summed E-state index contributed by atoms with van der Waals surface area (Å²) in [4.78, 5) is 36.6. The summed E-state index contributed by atoms with van der Waals surface area (Å²) in [6.07, 6.45) is -1.41. The Labute approximate surface area is 209 Å². The lowest BCUT2D eigenvalue weighted by atomic mass is 9.89. The quantitative estimate of drug-likeness (QED) is 0.477. The number of hydrogen-bond donors (Lipinski definition) is 3. The van der Waals surface area contributed by atoms with Gasteiger partial charge in [-0.05, 0) is 18.9 Å². The number of aliphatic carboxylic acids is 2. The molecule has 2 aliphatic rings. The molecule has 2 aromatic rings. The lowest BCUT2D eigenvalue weighted by molar-refractivity contribution is -0.193. The molecule has 0 amide bonds. The molecule has 3 N–H and O–H groups in total. The number of aromatic nitrogens is 4. The van der Waals surface area contributed by atoms with Crippen LogP contribution in [0, 0.1) is 5.82 Å². The summed E-state index contributed by atoms with van der Waals surface area (Å²) in [6.45, 7) is 2.30. The number of carbonyl (C=O) groups is 2. The molecule has 0 aliphatic carbocycles. The first kappa shape index (κ1) is 30.4. The van der Waals surface area contributed by atoms with Crippen molar-refractivity contribution < 1.29 is 55.3 Å². The Morgan fingerprint density at radius 2 is 1.53 bits per heavy atom. The minimum absolute atomic E-state index is 0.118. The third-order valence-electron chi connectivity index (χ3n) is 5.02. The minimum Gasteiger partial charge on any atom is -0.475 e. The molecule has 2 saturated heterocycles. The van der Waals surface area contributed by atoms with E-state index in [0.29, 0.717) is 12.6 Å². The number of piperidine rings is 1. The number of hydrogen-bond acceptors (Lipinski definition) is 9. The molecule has 0 bridgehead atoms. The highest BCUT2D eigenvalue weighted by Crippen LogP contribution is 2.36. The summed E-state index contributed by atoms with van der Waals surface area (Å²) >= 11 is 0. The van der Waals surface area contributed by atoms with Gasteiger partial charge in [0.15, 0.2) is 5.82 Å². The maximum absolute atomic E-state index is 12.9. The maximum atomic E-state index is 12.9. The van der Waals surface area contributed by atoms with E-state index in [-0.39, 0.29) is 11.6 Å². The van der Waals surface area contributed by atoms with Crippen molar-refractivity contribution in [2.24, 2.45) is 0 Å². The largest absolute Gasteiger partial charge is 0.490 e. The smallest absolute Gasteiger partial charge is 0.475 e. The lowest BCUT2D eigenvalue weighted by Crippen LogP contribution is -2.48. The lowest BCUT2D eigenvalue weighted by Gasteiger charge is -2.39. The molecule has 38 heavy (non-hydrogen) atoms. The zero-order valence-corrected chi connectivity index (χ0v) is 19.2. The number of ether oxygens (including phenoxy) is 1. The topological polar surface area (TPSA) is 151 Å². The van der Waals surface area contributed by atoms with E-state index in [4.69, 9.17) is 24.5 Å². The van der Waals surface area contributed by atoms with Crippen LogP contribution in [0.25, 0.3) is 0 Å². The zero-order valence-electron chi connectivity index (χ0n) is 19.2. The fourth-order valence-electron chi connectivity index (χ4n) is 3.51. The van der Waals surface area contributed by atoms with Crippen LogP contribution in [-0.2, 0) is 14.3 Å². The second-order valence-corrected chi connectivity index (χ2v) is 7.94. The summed E-state index contributed by atoms with van der Waals surface area (Å²) < 4.78 is 82.5. The summed E-state index contributed by atoms with van der Waals surface area (Å²) in [5, 5.41) is 17.5. The van der Waals surface area contributed by atoms with Gasteiger partial charge in [0.2, 0.25) is 11.9 Å². The van der Waals surface area contributed by atoms with Crippen LogP contribution in [0.15, 0.2) is 30.9 Å². The summed E-state index contributed by atoms with van der Waals surface area (Å²) in [5.74, 6) is -4.77. The van der Waals surface area contributed by atoms with Gasteiger partial charge in [0, 0.05) is 31.9 Å². The number of nitrogens with zero attached hydrogens (tertiary/aromatic N) is 5. The van der Waals surface area contributed by atoms with E-state index in [0.717, 1.165) is 50.7 Å². The Bertz CT molecular complexity index is 1030. The second kappa shape index (κ2) is 12.6. The molecule has 2 fully saturated rings. The van der Waals surface area contributed by atoms with E-state index in [1.54, 1.807) is 12.4 Å². The first-order chi connectivity index (χ1) is 17.6. The normalized spacial score (nSPS) is 21.0. The van der Waals surface area contributed by atoms with Gasteiger partial charge in [-0.3, -0.25) is 0 Å². The molecule has 18 heteroatoms. The van der Waals surface area contributed by atoms with Crippen LogP contribution in [0.1, 0.15) is 19.3 Å². The van der Waals surface area contributed by atoms with Crippen molar-refractivity contribution in [2.75, 3.05) is 29.9 Å². The van der Waals surface area contributed by atoms with Gasteiger partial charge < -0.3 is 25.2 Å². The van der Waals surface area contributed by atoms with Gasteiger partial charge in [-0.15, -0.1) is 0 Å². The van der Waals surface area contributed by atoms with Crippen LogP contribution < -0.4 is 10.2 Å². The average Bonchev–Trinajstić information content (AvgIpc) is 3.22. The third kappa shape index (κ3) is 9.56. The number of carboxylic acid groups (broad SMARTS) is 2. The summed E-state index contributed by atoms with van der Waals surface area (Å²) in [5.41, 5.74) is -0.199. The van der Waals surface area contributed by atoms with E-state index in [9.17, 15) is 30.7 Å². The summed E-state index contributed by atoms with van der Waals surface area (Å²) in [6, 6.07) is 1.94. The van der Waals surface area contributed by atoms with Crippen LogP contribution in [0.4, 0.5) is 42.6 Å². The number of rotatable bonds is 3. The Kier molecular flexibility index (Phi) is 10.1. The highest BCUT2D eigenvalue weighted by atomic mass is 19.4. The van der Waals surface area contributed by atoms with Gasteiger partial charge in [0.05, 0.1) is 30.6 Å². The number of carboxylic acids is 2. The van der Waals surface area contributed by atoms with Crippen LogP contribution in [0.3, 0.4) is 0 Å². The van der Waals surface area contributed by atoms with Crippen molar-refractivity contribution in [3.05, 3.63) is 36.7 Å². The minimum atomic E-state index is -5.08. The zero-order chi connectivity index (χ0) is 28.6. The van der Waals surface area contributed by atoms with E-state index in [2.05, 4.69) is 30.2 Å².